The van der Waals surface area contributed by atoms with Crippen LogP contribution in [0.1, 0.15) is 61.9 Å². The lowest BCUT2D eigenvalue weighted by Gasteiger charge is -2.18. The topological polar surface area (TPSA) is 79.8 Å². The summed E-state index contributed by atoms with van der Waals surface area (Å²) in [5.74, 6) is 0.0267. The van der Waals surface area contributed by atoms with Crippen LogP contribution >= 0.6 is 0 Å². The summed E-state index contributed by atoms with van der Waals surface area (Å²) in [5, 5.41) is 5.72. The van der Waals surface area contributed by atoms with Crippen molar-refractivity contribution in [3.05, 3.63) is 40.7 Å². The normalized spacial score (nSPS) is 13.2. The molecule has 0 fully saturated rings. The van der Waals surface area contributed by atoms with Gasteiger partial charge in [-0.1, -0.05) is 30.7 Å². The molecule has 7 heteroatoms. The van der Waals surface area contributed by atoms with Gasteiger partial charge in [-0.2, -0.15) is 15.0 Å². The summed E-state index contributed by atoms with van der Waals surface area (Å²) >= 11 is 0. The van der Waals surface area contributed by atoms with Crippen molar-refractivity contribution in [2.24, 2.45) is 0 Å². The number of aromatic nitrogens is 3. The Hall–Kier alpha value is -2.57. The number of carbonyl (C=O) groups excluding carboxylic acids is 1. The molecule has 2 rings (SSSR count). The van der Waals surface area contributed by atoms with Gasteiger partial charge in [-0.15, -0.1) is 0 Å². The van der Waals surface area contributed by atoms with Crippen LogP contribution in [0.3, 0.4) is 0 Å². The van der Waals surface area contributed by atoms with E-state index in [1.807, 2.05) is 32.9 Å². The largest absolute Gasteiger partial charge is 0.348 e. The molecule has 6 nitrogen and oxygen atoms in total. The van der Waals surface area contributed by atoms with Crippen molar-refractivity contribution in [1.82, 2.24) is 15.0 Å². The van der Waals surface area contributed by atoms with Gasteiger partial charge in [0.1, 0.15) is 0 Å². The number of benzene rings is 1. The molecule has 0 spiro atoms. The van der Waals surface area contributed by atoms with Gasteiger partial charge in [0.15, 0.2) is 12.0 Å². The molecule has 0 saturated heterocycles. The van der Waals surface area contributed by atoms with E-state index in [0.717, 1.165) is 11.1 Å². The Morgan fingerprint density at radius 1 is 1.16 bits per heavy atom. The van der Waals surface area contributed by atoms with Crippen LogP contribution in [-0.2, 0) is 4.79 Å². The lowest BCUT2D eigenvalue weighted by Crippen LogP contribution is -2.17. The predicted octanol–water partition coefficient (Wildman–Crippen LogP) is 4.04. The number of carbonyl (C=O) groups is 1. The molecule has 2 unspecified atom stereocenters. The number of hydrogen-bond donors (Lipinski definition) is 2. The van der Waals surface area contributed by atoms with E-state index in [9.17, 15) is 9.18 Å². The van der Waals surface area contributed by atoms with E-state index in [1.54, 1.807) is 6.92 Å². The van der Waals surface area contributed by atoms with Crippen molar-refractivity contribution >= 4 is 17.8 Å². The van der Waals surface area contributed by atoms with Gasteiger partial charge in [0.2, 0.25) is 17.8 Å². The molecular formula is C18H24FN5O. The molecule has 0 saturated carbocycles. The second kappa shape index (κ2) is 8.00. The van der Waals surface area contributed by atoms with Gasteiger partial charge in [0.05, 0.1) is 6.04 Å². The Balaban J connectivity index is 2.29. The number of alkyl halides is 1. The van der Waals surface area contributed by atoms with Gasteiger partial charge >= 0.3 is 0 Å². The minimum absolute atomic E-state index is 0.0169. The van der Waals surface area contributed by atoms with E-state index in [0.29, 0.717) is 0 Å². The molecule has 2 aromatic rings. The number of nitrogens with zero attached hydrogens (tertiary/aromatic N) is 3. The number of rotatable bonds is 6. The minimum atomic E-state index is -1.36. The highest BCUT2D eigenvalue weighted by Crippen LogP contribution is 2.23. The first-order valence-electron chi connectivity index (χ1n) is 8.33. The first-order chi connectivity index (χ1) is 11.8. The number of amides is 1. The first-order valence-corrected chi connectivity index (χ1v) is 8.33. The third-order valence-corrected chi connectivity index (χ3v) is 3.82. The fourth-order valence-electron chi connectivity index (χ4n) is 2.49. The summed E-state index contributed by atoms with van der Waals surface area (Å²) in [7, 11) is 0. The van der Waals surface area contributed by atoms with Crippen molar-refractivity contribution in [1.29, 1.82) is 0 Å². The van der Waals surface area contributed by atoms with Crippen LogP contribution in [0.25, 0.3) is 0 Å². The van der Waals surface area contributed by atoms with Crippen molar-refractivity contribution in [2.75, 3.05) is 10.6 Å². The zero-order valence-electron chi connectivity index (χ0n) is 15.2. The molecule has 134 valence electrons. The van der Waals surface area contributed by atoms with E-state index in [4.69, 9.17) is 0 Å². The van der Waals surface area contributed by atoms with Crippen LogP contribution in [0.2, 0.25) is 0 Å². The molecule has 0 bridgehead atoms. The number of aryl methyl sites for hydroxylation is 2. The molecule has 0 radical (unpaired) electrons. The Bertz CT molecular complexity index is 763. The van der Waals surface area contributed by atoms with Crippen molar-refractivity contribution in [3.63, 3.8) is 0 Å². The lowest BCUT2D eigenvalue weighted by atomic mass is 10.0. The highest BCUT2D eigenvalue weighted by Gasteiger charge is 2.16. The van der Waals surface area contributed by atoms with Crippen LogP contribution in [0, 0.1) is 13.8 Å². The van der Waals surface area contributed by atoms with E-state index < -0.39 is 6.17 Å². The van der Waals surface area contributed by atoms with Crippen LogP contribution in [0.15, 0.2) is 18.2 Å². The summed E-state index contributed by atoms with van der Waals surface area (Å²) in [6, 6.07) is 6.10. The van der Waals surface area contributed by atoms with Crippen molar-refractivity contribution < 1.29 is 9.18 Å². The second-order valence-electron chi connectivity index (χ2n) is 6.08. The molecule has 0 aliphatic heterocycles. The maximum Gasteiger partial charge on any atom is 0.234 e. The third-order valence-electron chi connectivity index (χ3n) is 3.82. The van der Waals surface area contributed by atoms with E-state index in [2.05, 4.69) is 31.7 Å². The van der Waals surface area contributed by atoms with Crippen LogP contribution in [0.4, 0.5) is 16.3 Å². The van der Waals surface area contributed by atoms with Gasteiger partial charge in [-0.25, -0.2) is 4.39 Å². The smallest absolute Gasteiger partial charge is 0.234 e. The standard InChI is InChI=1S/C18H24FN5O/c1-6-15(25)21-18-23-16(12(4)19)22-17(24-18)20-13(5)14-8-7-10(2)9-11(14)3/h7-9,12-13H,6H2,1-5H3,(H2,20,21,22,23,24,25). The highest BCUT2D eigenvalue weighted by molar-refractivity contribution is 5.88. The number of nitrogens with one attached hydrogen (secondary N) is 2. The summed E-state index contributed by atoms with van der Waals surface area (Å²) in [4.78, 5) is 23.8. The molecule has 0 aliphatic carbocycles. The predicted molar refractivity (Wildman–Crippen MR) is 96.2 cm³/mol. The minimum Gasteiger partial charge on any atom is -0.348 e. The number of anilines is 2. The quantitative estimate of drug-likeness (QED) is 0.826. The number of hydrogen-bond acceptors (Lipinski definition) is 5. The van der Waals surface area contributed by atoms with Crippen molar-refractivity contribution in [2.45, 2.75) is 53.3 Å². The summed E-state index contributed by atoms with van der Waals surface area (Å²) in [5.41, 5.74) is 3.43. The molecule has 1 heterocycles. The zero-order chi connectivity index (χ0) is 18.6. The van der Waals surface area contributed by atoms with E-state index in [1.165, 1.54) is 12.5 Å². The molecule has 2 atom stereocenters. The Labute approximate surface area is 147 Å². The van der Waals surface area contributed by atoms with Crippen LogP contribution in [-0.4, -0.2) is 20.9 Å². The Morgan fingerprint density at radius 3 is 2.44 bits per heavy atom. The molecular weight excluding hydrogens is 321 g/mol. The van der Waals surface area contributed by atoms with Crippen LogP contribution < -0.4 is 10.6 Å². The SMILES string of the molecule is CCC(=O)Nc1nc(NC(C)c2ccc(C)cc2C)nc(C(C)F)n1. The van der Waals surface area contributed by atoms with E-state index in [-0.39, 0.29) is 36.1 Å². The molecule has 1 aromatic heterocycles. The lowest BCUT2D eigenvalue weighted by molar-refractivity contribution is -0.115. The second-order valence-corrected chi connectivity index (χ2v) is 6.08. The van der Waals surface area contributed by atoms with Crippen LogP contribution in [0.5, 0.6) is 0 Å². The maximum atomic E-state index is 13.7. The number of halogens is 1. The summed E-state index contributed by atoms with van der Waals surface area (Å²) in [6.45, 7) is 9.12. The fraction of sp³-hybridized carbons (Fsp3) is 0.444. The molecule has 0 aliphatic rings. The van der Waals surface area contributed by atoms with Gasteiger partial charge in [0.25, 0.3) is 0 Å². The summed E-state index contributed by atoms with van der Waals surface area (Å²) in [6.07, 6.45) is -1.08. The summed E-state index contributed by atoms with van der Waals surface area (Å²) < 4.78 is 13.7. The maximum absolute atomic E-state index is 13.7. The molecule has 25 heavy (non-hydrogen) atoms. The Kier molecular flexibility index (Phi) is 6.01. The van der Waals surface area contributed by atoms with Gasteiger partial charge in [-0.05, 0) is 38.8 Å². The van der Waals surface area contributed by atoms with Crippen molar-refractivity contribution in [3.8, 4) is 0 Å². The monoisotopic (exact) mass is 345 g/mol. The average Bonchev–Trinajstić information content (AvgIpc) is 2.54. The van der Waals surface area contributed by atoms with Gasteiger partial charge < -0.3 is 5.32 Å². The highest BCUT2D eigenvalue weighted by atomic mass is 19.1. The molecule has 2 N–H and O–H groups in total. The van der Waals surface area contributed by atoms with Gasteiger partial charge in [-0.3, -0.25) is 10.1 Å². The van der Waals surface area contributed by atoms with E-state index >= 15 is 0 Å². The average molecular weight is 345 g/mol. The Morgan fingerprint density at radius 2 is 1.84 bits per heavy atom. The molecule has 1 amide bonds. The molecule has 1 aromatic carbocycles. The first kappa shape index (κ1) is 18.8. The fourth-order valence-corrected chi connectivity index (χ4v) is 2.49. The van der Waals surface area contributed by atoms with Gasteiger partial charge in [0, 0.05) is 6.42 Å². The zero-order valence-corrected chi connectivity index (χ0v) is 15.2. The third kappa shape index (κ3) is 4.95.